The van der Waals surface area contributed by atoms with Crippen molar-refractivity contribution in [2.24, 2.45) is 0 Å². The number of hydrogen-bond acceptors (Lipinski definition) is 5. The third-order valence-electron chi connectivity index (χ3n) is 5.22. The molecule has 146 valence electrons. The van der Waals surface area contributed by atoms with Gasteiger partial charge in [0.05, 0.1) is 12.6 Å². The number of fused-ring (bicyclic) bond motifs is 1. The minimum Gasteiger partial charge on any atom is -0.491 e. The Bertz CT molecular complexity index is 864. The van der Waals surface area contributed by atoms with Gasteiger partial charge in [0, 0.05) is 17.7 Å². The average Bonchev–Trinajstić information content (AvgIpc) is 3.21. The molecule has 2 atom stereocenters. The van der Waals surface area contributed by atoms with Crippen molar-refractivity contribution in [3.63, 3.8) is 0 Å². The zero-order valence-corrected chi connectivity index (χ0v) is 15.3. The van der Waals surface area contributed by atoms with Gasteiger partial charge in [-0.2, -0.15) is 0 Å². The number of amides is 2. The third-order valence-corrected chi connectivity index (χ3v) is 5.22. The molecule has 0 saturated carbocycles. The van der Waals surface area contributed by atoms with E-state index in [-0.39, 0.29) is 24.1 Å². The van der Waals surface area contributed by atoms with E-state index in [0.717, 1.165) is 24.0 Å². The van der Waals surface area contributed by atoms with Crippen LogP contribution in [-0.4, -0.2) is 41.2 Å². The van der Waals surface area contributed by atoms with Crippen LogP contribution in [0.3, 0.4) is 0 Å². The van der Waals surface area contributed by atoms with E-state index in [0.29, 0.717) is 18.9 Å². The van der Waals surface area contributed by atoms with Gasteiger partial charge in [-0.3, -0.25) is 14.8 Å². The van der Waals surface area contributed by atoms with Gasteiger partial charge in [-0.1, -0.05) is 36.4 Å². The molecular weight excluding hydrogens is 360 g/mol. The summed E-state index contributed by atoms with van der Waals surface area (Å²) in [7, 11) is 0. The third kappa shape index (κ3) is 3.58. The van der Waals surface area contributed by atoms with Gasteiger partial charge >= 0.3 is 0 Å². The minimum absolute atomic E-state index is 0.0417. The molecule has 2 aromatic rings. The molecule has 0 bridgehead atoms. The van der Waals surface area contributed by atoms with Crippen LogP contribution in [-0.2, 0) is 16.1 Å². The Labute approximate surface area is 162 Å². The van der Waals surface area contributed by atoms with Gasteiger partial charge in [-0.25, -0.2) is 5.48 Å². The molecule has 2 N–H and O–H groups in total. The molecule has 0 aliphatic carbocycles. The van der Waals surface area contributed by atoms with Crippen LogP contribution in [0.25, 0.3) is 0 Å². The van der Waals surface area contributed by atoms with Crippen LogP contribution in [0, 0.1) is 0 Å². The molecule has 2 aliphatic rings. The fourth-order valence-electron chi connectivity index (χ4n) is 3.72. The summed E-state index contributed by atoms with van der Waals surface area (Å²) in [5, 5.41) is 8.87. The maximum Gasteiger partial charge on any atom is 0.274 e. The Balaban J connectivity index is 1.69. The maximum absolute atomic E-state index is 13.2. The molecule has 4 rings (SSSR count). The molecule has 7 heteroatoms. The summed E-state index contributed by atoms with van der Waals surface area (Å²) in [5.74, 6) is -0.118. The molecule has 0 radical (unpaired) electrons. The Morgan fingerprint density at radius 3 is 2.68 bits per heavy atom. The number of ether oxygens (including phenoxy) is 2. The van der Waals surface area contributed by atoms with Crippen molar-refractivity contribution in [3.8, 4) is 5.75 Å². The summed E-state index contributed by atoms with van der Waals surface area (Å²) >= 11 is 0. The van der Waals surface area contributed by atoms with Crippen LogP contribution in [0.2, 0.25) is 0 Å². The molecule has 1 unspecified atom stereocenters. The lowest BCUT2D eigenvalue weighted by atomic mass is 10.0. The standard InChI is InChI=1S/C21H22N2O5/c24-20(22-26)15-8-9-16-12-23(21(25)18-7-4-10-27-18)17(13-28-19(16)11-15)14-5-2-1-3-6-14/h1-3,5-6,8-9,11,17-18,26H,4,7,10,12-13H2,(H,22,24)/t17-,18?/m1/s1. The number of hydrogen-bond donors (Lipinski definition) is 2. The molecule has 2 aromatic carbocycles. The van der Waals surface area contributed by atoms with E-state index in [1.165, 1.54) is 0 Å². The van der Waals surface area contributed by atoms with Crippen molar-refractivity contribution in [1.82, 2.24) is 10.4 Å². The van der Waals surface area contributed by atoms with Crippen LogP contribution in [0.1, 0.15) is 40.4 Å². The quantitative estimate of drug-likeness (QED) is 0.629. The Hall–Kier alpha value is -2.90. The lowest BCUT2D eigenvalue weighted by molar-refractivity contribution is -0.144. The highest BCUT2D eigenvalue weighted by Gasteiger charge is 2.35. The van der Waals surface area contributed by atoms with Gasteiger partial charge in [0.15, 0.2) is 0 Å². The van der Waals surface area contributed by atoms with Crippen molar-refractivity contribution in [2.75, 3.05) is 13.2 Å². The highest BCUT2D eigenvalue weighted by atomic mass is 16.5. The van der Waals surface area contributed by atoms with Gasteiger partial charge in [-0.15, -0.1) is 0 Å². The van der Waals surface area contributed by atoms with Gasteiger partial charge in [-0.05, 0) is 30.5 Å². The molecule has 28 heavy (non-hydrogen) atoms. The predicted molar refractivity (Wildman–Crippen MR) is 99.9 cm³/mol. The van der Waals surface area contributed by atoms with Crippen molar-refractivity contribution in [2.45, 2.75) is 31.5 Å². The highest BCUT2D eigenvalue weighted by Crippen LogP contribution is 2.33. The van der Waals surface area contributed by atoms with Crippen LogP contribution in [0.4, 0.5) is 0 Å². The summed E-state index contributed by atoms with van der Waals surface area (Å²) in [6.07, 6.45) is 1.18. The van der Waals surface area contributed by atoms with Gasteiger partial charge < -0.3 is 14.4 Å². The average molecular weight is 382 g/mol. The van der Waals surface area contributed by atoms with Crippen molar-refractivity contribution < 1.29 is 24.3 Å². The van der Waals surface area contributed by atoms with E-state index < -0.39 is 12.0 Å². The fourth-order valence-corrected chi connectivity index (χ4v) is 3.72. The summed E-state index contributed by atoms with van der Waals surface area (Å²) in [6.45, 7) is 1.22. The molecule has 2 amide bonds. The monoisotopic (exact) mass is 382 g/mol. The summed E-state index contributed by atoms with van der Waals surface area (Å²) in [5.41, 5.74) is 3.70. The summed E-state index contributed by atoms with van der Waals surface area (Å²) < 4.78 is 11.6. The van der Waals surface area contributed by atoms with E-state index in [9.17, 15) is 9.59 Å². The Kier molecular flexibility index (Phi) is 5.27. The smallest absolute Gasteiger partial charge is 0.274 e. The number of carbonyl (C=O) groups excluding carboxylic acids is 2. The maximum atomic E-state index is 13.2. The normalized spacial score (nSPS) is 21.4. The molecule has 2 heterocycles. The lowest BCUT2D eigenvalue weighted by Crippen LogP contribution is -2.41. The number of hydroxylamine groups is 1. The van der Waals surface area contributed by atoms with E-state index in [1.807, 2.05) is 35.2 Å². The molecule has 2 aliphatic heterocycles. The zero-order chi connectivity index (χ0) is 19.5. The first-order chi connectivity index (χ1) is 13.7. The van der Waals surface area contributed by atoms with Crippen molar-refractivity contribution >= 4 is 11.8 Å². The topological polar surface area (TPSA) is 88.1 Å². The largest absolute Gasteiger partial charge is 0.491 e. The SMILES string of the molecule is O=C(NO)c1ccc2c(c1)OC[C@H](c1ccccc1)N(C(=O)C1CCCO1)C2. The van der Waals surface area contributed by atoms with Gasteiger partial charge in [0.1, 0.15) is 18.5 Å². The molecule has 0 aromatic heterocycles. The number of nitrogens with zero attached hydrogens (tertiary/aromatic N) is 1. The van der Waals surface area contributed by atoms with E-state index >= 15 is 0 Å². The number of nitrogens with one attached hydrogen (secondary N) is 1. The van der Waals surface area contributed by atoms with Crippen LogP contribution < -0.4 is 10.2 Å². The first-order valence-electron chi connectivity index (χ1n) is 9.34. The number of carbonyl (C=O) groups is 2. The number of benzene rings is 2. The van der Waals surface area contributed by atoms with Crippen LogP contribution >= 0.6 is 0 Å². The number of rotatable bonds is 3. The molecule has 7 nitrogen and oxygen atoms in total. The second kappa shape index (κ2) is 8.00. The summed E-state index contributed by atoms with van der Waals surface area (Å²) in [4.78, 5) is 26.7. The van der Waals surface area contributed by atoms with Crippen molar-refractivity contribution in [3.05, 3.63) is 65.2 Å². The minimum atomic E-state index is -0.609. The molecular formula is C21H22N2O5. The van der Waals surface area contributed by atoms with Gasteiger partial charge in [0.2, 0.25) is 0 Å². The van der Waals surface area contributed by atoms with Crippen LogP contribution in [0.15, 0.2) is 48.5 Å². The molecule has 0 spiro atoms. The highest BCUT2D eigenvalue weighted by molar-refractivity contribution is 5.93. The Morgan fingerprint density at radius 1 is 1.14 bits per heavy atom. The lowest BCUT2D eigenvalue weighted by Gasteiger charge is -2.31. The van der Waals surface area contributed by atoms with E-state index in [2.05, 4.69) is 0 Å². The molecule has 1 fully saturated rings. The van der Waals surface area contributed by atoms with E-state index in [1.54, 1.807) is 23.7 Å². The first-order valence-corrected chi connectivity index (χ1v) is 9.34. The second-order valence-electron chi connectivity index (χ2n) is 6.97. The fraction of sp³-hybridized carbons (Fsp3) is 0.333. The van der Waals surface area contributed by atoms with E-state index in [4.69, 9.17) is 14.7 Å². The first kappa shape index (κ1) is 18.5. The predicted octanol–water partition coefficient (Wildman–Crippen LogP) is 2.45. The van der Waals surface area contributed by atoms with Crippen LogP contribution in [0.5, 0.6) is 5.75 Å². The summed E-state index contributed by atoms with van der Waals surface area (Å²) in [6, 6.07) is 14.4. The van der Waals surface area contributed by atoms with Crippen molar-refractivity contribution in [1.29, 1.82) is 0 Å². The zero-order valence-electron chi connectivity index (χ0n) is 15.3. The molecule has 1 saturated heterocycles. The second-order valence-corrected chi connectivity index (χ2v) is 6.97. The van der Waals surface area contributed by atoms with Gasteiger partial charge in [0.25, 0.3) is 11.8 Å². The Morgan fingerprint density at radius 2 is 1.96 bits per heavy atom.